The summed E-state index contributed by atoms with van der Waals surface area (Å²) in [4.78, 5) is 23.8. The van der Waals surface area contributed by atoms with Crippen molar-refractivity contribution in [1.29, 1.82) is 0 Å². The van der Waals surface area contributed by atoms with Gasteiger partial charge in [-0.3, -0.25) is 14.7 Å². The minimum atomic E-state index is -0.0741. The molecule has 7 heteroatoms. The molecule has 0 bridgehead atoms. The molecule has 1 aromatic rings. The summed E-state index contributed by atoms with van der Waals surface area (Å²) < 4.78 is 5.21. The first-order valence-corrected chi connectivity index (χ1v) is 11.9. The number of piperidine rings is 1. The van der Waals surface area contributed by atoms with Gasteiger partial charge >= 0.3 is 5.97 Å². The summed E-state index contributed by atoms with van der Waals surface area (Å²) in [6.07, 6.45) is 4.21. The zero-order valence-electron chi connectivity index (χ0n) is 19.3. The number of benzene rings is 1. The molecule has 0 aliphatic carbocycles. The predicted molar refractivity (Wildman–Crippen MR) is 127 cm³/mol. The van der Waals surface area contributed by atoms with Crippen LogP contribution >= 0.6 is 0 Å². The van der Waals surface area contributed by atoms with E-state index in [4.69, 9.17) is 4.74 Å². The van der Waals surface area contributed by atoms with E-state index >= 15 is 0 Å². The molecule has 0 amide bonds. The second-order valence-corrected chi connectivity index (χ2v) is 8.38. The quantitative estimate of drug-likeness (QED) is 0.296. The fourth-order valence-electron chi connectivity index (χ4n) is 4.48. The summed E-state index contributed by atoms with van der Waals surface area (Å²) >= 11 is 0. The maximum Gasteiger partial charge on any atom is 0.310 e. The highest BCUT2D eigenvalue weighted by molar-refractivity contribution is 5.81. The molecule has 2 aliphatic heterocycles. The molecular formula is C24H39N5O2. The first-order valence-electron chi connectivity index (χ1n) is 11.9. The van der Waals surface area contributed by atoms with Gasteiger partial charge in [-0.05, 0) is 51.3 Å². The van der Waals surface area contributed by atoms with Crippen LogP contribution in [0.2, 0.25) is 0 Å². The highest BCUT2D eigenvalue weighted by Crippen LogP contribution is 2.18. The van der Waals surface area contributed by atoms with Gasteiger partial charge in [0.1, 0.15) is 0 Å². The molecule has 2 heterocycles. The van der Waals surface area contributed by atoms with E-state index in [0.29, 0.717) is 13.2 Å². The second kappa shape index (κ2) is 12.5. The van der Waals surface area contributed by atoms with Crippen LogP contribution in [0, 0.1) is 5.92 Å². The van der Waals surface area contributed by atoms with Crippen molar-refractivity contribution in [3.05, 3.63) is 30.3 Å². The number of anilines is 1. The van der Waals surface area contributed by atoms with E-state index in [1.807, 2.05) is 14.0 Å². The summed E-state index contributed by atoms with van der Waals surface area (Å²) in [5.74, 6) is 0.794. The van der Waals surface area contributed by atoms with Crippen LogP contribution in [0.15, 0.2) is 35.3 Å². The Morgan fingerprint density at radius 3 is 2.61 bits per heavy atom. The highest BCUT2D eigenvalue weighted by atomic mass is 16.5. The normalized spacial score (nSPS) is 20.6. The van der Waals surface area contributed by atoms with Crippen LogP contribution in [0.5, 0.6) is 0 Å². The predicted octanol–water partition coefficient (Wildman–Crippen LogP) is 2.44. The Kier molecular flexibility index (Phi) is 9.46. The van der Waals surface area contributed by atoms with Crippen molar-refractivity contribution in [1.82, 2.24) is 15.1 Å². The number of unbranched alkanes of at least 4 members (excludes halogenated alkanes) is 1. The van der Waals surface area contributed by atoms with Crippen molar-refractivity contribution in [2.45, 2.75) is 32.6 Å². The molecule has 1 aromatic carbocycles. The number of nitrogens with zero attached hydrogens (tertiary/aromatic N) is 4. The standard InChI is InChI=1S/C24H39N5O2/c1-3-31-23(30)21-10-9-15-29(20-21)24(25-2)26-13-7-8-14-27-16-18-28(19-17-27)22-11-5-4-6-12-22/h4-6,11-12,21H,3,7-10,13-20H2,1-2H3,(H,25,26). The molecule has 0 radical (unpaired) electrons. The first kappa shape index (κ1) is 23.4. The fraction of sp³-hybridized carbons (Fsp3) is 0.667. The number of esters is 1. The van der Waals surface area contributed by atoms with E-state index in [1.54, 1.807) is 0 Å². The van der Waals surface area contributed by atoms with Crippen LogP contribution in [0.25, 0.3) is 0 Å². The van der Waals surface area contributed by atoms with E-state index in [2.05, 4.69) is 55.3 Å². The third-order valence-electron chi connectivity index (χ3n) is 6.23. The number of carbonyl (C=O) groups excluding carboxylic acids is 1. The van der Waals surface area contributed by atoms with Crippen molar-refractivity contribution in [2.24, 2.45) is 10.9 Å². The van der Waals surface area contributed by atoms with Crippen LogP contribution in [0.3, 0.4) is 0 Å². The number of para-hydroxylation sites is 1. The highest BCUT2D eigenvalue weighted by Gasteiger charge is 2.28. The second-order valence-electron chi connectivity index (χ2n) is 8.38. The monoisotopic (exact) mass is 429 g/mol. The zero-order chi connectivity index (χ0) is 21.9. The summed E-state index contributed by atoms with van der Waals surface area (Å²) in [5.41, 5.74) is 1.33. The van der Waals surface area contributed by atoms with Gasteiger partial charge in [-0.15, -0.1) is 0 Å². The molecule has 2 saturated heterocycles. The Morgan fingerprint density at radius 1 is 1.13 bits per heavy atom. The smallest absolute Gasteiger partial charge is 0.310 e. The Hall–Kier alpha value is -2.28. The number of hydrogen-bond donors (Lipinski definition) is 1. The fourth-order valence-corrected chi connectivity index (χ4v) is 4.48. The SMILES string of the molecule is CCOC(=O)C1CCCN(C(=NC)NCCCCN2CCN(c3ccccc3)CC2)C1. The number of aliphatic imine (C=N–C) groups is 1. The molecule has 2 fully saturated rings. The van der Waals surface area contributed by atoms with E-state index in [-0.39, 0.29) is 11.9 Å². The zero-order valence-corrected chi connectivity index (χ0v) is 19.3. The van der Waals surface area contributed by atoms with E-state index < -0.39 is 0 Å². The lowest BCUT2D eigenvalue weighted by Gasteiger charge is -2.36. The minimum absolute atomic E-state index is 0.0400. The summed E-state index contributed by atoms with van der Waals surface area (Å²) in [6, 6.07) is 10.7. The number of likely N-dealkylation sites (tertiary alicyclic amines) is 1. The molecule has 3 rings (SSSR count). The molecule has 7 nitrogen and oxygen atoms in total. The molecule has 1 N–H and O–H groups in total. The van der Waals surface area contributed by atoms with Gasteiger partial charge in [0.05, 0.1) is 12.5 Å². The summed E-state index contributed by atoms with van der Waals surface area (Å²) in [6.45, 7) is 10.5. The topological polar surface area (TPSA) is 60.4 Å². The molecule has 172 valence electrons. The van der Waals surface area contributed by atoms with E-state index in [1.165, 1.54) is 12.1 Å². The number of nitrogens with one attached hydrogen (secondary N) is 1. The average Bonchev–Trinajstić information content (AvgIpc) is 2.82. The van der Waals surface area contributed by atoms with Gasteiger partial charge < -0.3 is 19.9 Å². The van der Waals surface area contributed by atoms with Crippen LogP contribution in [-0.2, 0) is 9.53 Å². The average molecular weight is 430 g/mol. The Morgan fingerprint density at radius 2 is 1.90 bits per heavy atom. The van der Waals surface area contributed by atoms with Crippen molar-refractivity contribution in [3.63, 3.8) is 0 Å². The number of rotatable bonds is 8. The Bertz CT molecular complexity index is 688. The lowest BCUT2D eigenvalue weighted by molar-refractivity contribution is -0.149. The van der Waals surface area contributed by atoms with Crippen molar-refractivity contribution in [3.8, 4) is 0 Å². The number of carbonyl (C=O) groups is 1. The summed E-state index contributed by atoms with van der Waals surface area (Å²) in [5, 5.41) is 3.49. The number of hydrogen-bond acceptors (Lipinski definition) is 5. The molecule has 0 spiro atoms. The van der Waals surface area contributed by atoms with Crippen LogP contribution in [0.1, 0.15) is 32.6 Å². The van der Waals surface area contributed by atoms with Crippen molar-refractivity contribution >= 4 is 17.6 Å². The number of guanidine groups is 1. The van der Waals surface area contributed by atoms with E-state index in [0.717, 1.165) is 71.0 Å². The molecule has 1 atom stereocenters. The lowest BCUT2D eigenvalue weighted by atomic mass is 9.98. The minimum Gasteiger partial charge on any atom is -0.466 e. The molecule has 2 aliphatic rings. The number of ether oxygens (including phenoxy) is 1. The van der Waals surface area contributed by atoms with Crippen LogP contribution in [-0.4, -0.2) is 87.7 Å². The first-order chi connectivity index (χ1) is 15.2. The third-order valence-corrected chi connectivity index (χ3v) is 6.23. The van der Waals surface area contributed by atoms with E-state index in [9.17, 15) is 4.79 Å². The molecule has 31 heavy (non-hydrogen) atoms. The van der Waals surface area contributed by atoms with Gasteiger partial charge in [0.15, 0.2) is 5.96 Å². The van der Waals surface area contributed by atoms with Gasteiger partial charge in [-0.1, -0.05) is 18.2 Å². The van der Waals surface area contributed by atoms with Crippen LogP contribution in [0.4, 0.5) is 5.69 Å². The molecule has 0 aromatic heterocycles. The summed E-state index contributed by atoms with van der Waals surface area (Å²) in [7, 11) is 1.82. The van der Waals surface area contributed by atoms with Crippen LogP contribution < -0.4 is 10.2 Å². The largest absolute Gasteiger partial charge is 0.466 e. The van der Waals surface area contributed by atoms with Gasteiger partial charge in [-0.2, -0.15) is 0 Å². The third kappa shape index (κ3) is 7.13. The van der Waals surface area contributed by atoms with Crippen molar-refractivity contribution in [2.75, 3.05) is 70.9 Å². The van der Waals surface area contributed by atoms with Gasteiger partial charge in [0.25, 0.3) is 0 Å². The van der Waals surface area contributed by atoms with Gasteiger partial charge in [-0.25, -0.2) is 0 Å². The van der Waals surface area contributed by atoms with Crippen molar-refractivity contribution < 1.29 is 9.53 Å². The molecular weight excluding hydrogens is 390 g/mol. The maximum absolute atomic E-state index is 12.1. The Labute approximate surface area is 187 Å². The van der Waals surface area contributed by atoms with Gasteiger partial charge in [0, 0.05) is 58.5 Å². The number of piperazine rings is 1. The van der Waals surface area contributed by atoms with Gasteiger partial charge in [0.2, 0.25) is 0 Å². The lowest BCUT2D eigenvalue weighted by Crippen LogP contribution is -2.48. The molecule has 1 unspecified atom stereocenters. The molecule has 0 saturated carbocycles. The Balaban J connectivity index is 1.31. The maximum atomic E-state index is 12.1.